The van der Waals surface area contributed by atoms with Gasteiger partial charge in [0, 0.05) is 11.5 Å². The third kappa shape index (κ3) is 6.66. The third-order valence-corrected chi connectivity index (χ3v) is 3.19. The van der Waals surface area contributed by atoms with Gasteiger partial charge in [0.05, 0.1) is 0 Å². The minimum Gasteiger partial charge on any atom is -0.451 e. The quantitative estimate of drug-likeness (QED) is 0.635. The predicted molar refractivity (Wildman–Crippen MR) is 82.3 cm³/mol. The molecule has 1 fully saturated rings. The number of rotatable bonds is 5. The number of nitrogens with one attached hydrogen (secondary N) is 3. The fourth-order valence-corrected chi connectivity index (χ4v) is 1.46. The number of carbonyl (C=O) groups is 4. The van der Waals surface area contributed by atoms with E-state index in [1.165, 1.54) is 13.8 Å². The van der Waals surface area contributed by atoms with E-state index in [9.17, 15) is 19.2 Å². The second kappa shape index (κ2) is 7.43. The monoisotopic (exact) mass is 327 g/mol. The Hall–Kier alpha value is -2.12. The molecule has 0 spiro atoms. The van der Waals surface area contributed by atoms with E-state index in [-0.39, 0.29) is 11.9 Å². The van der Waals surface area contributed by atoms with Gasteiger partial charge in [0.25, 0.3) is 5.91 Å². The SMILES string of the molecule is CC(NC(=O)C(C)(C)C)C(=O)OC(C)C(=O)NC(=O)NC1CC1. The number of hydrogen-bond acceptors (Lipinski definition) is 5. The van der Waals surface area contributed by atoms with Crippen LogP contribution in [-0.2, 0) is 19.1 Å². The Morgan fingerprint density at radius 2 is 1.65 bits per heavy atom. The van der Waals surface area contributed by atoms with Gasteiger partial charge in [-0.25, -0.2) is 9.59 Å². The molecule has 0 heterocycles. The van der Waals surface area contributed by atoms with Crippen LogP contribution in [0.25, 0.3) is 0 Å². The summed E-state index contributed by atoms with van der Waals surface area (Å²) in [6, 6.07) is -1.37. The van der Waals surface area contributed by atoms with Gasteiger partial charge in [0.15, 0.2) is 6.10 Å². The normalized spacial score (nSPS) is 16.7. The second-order valence-corrected chi connectivity index (χ2v) is 6.76. The first kappa shape index (κ1) is 18.9. The molecule has 1 aliphatic carbocycles. The average Bonchev–Trinajstić information content (AvgIpc) is 3.20. The van der Waals surface area contributed by atoms with Crippen molar-refractivity contribution >= 4 is 23.8 Å². The predicted octanol–water partition coefficient (Wildman–Crippen LogP) is 0.457. The molecule has 0 bridgehead atoms. The van der Waals surface area contributed by atoms with E-state index in [1.54, 1.807) is 20.8 Å². The van der Waals surface area contributed by atoms with Gasteiger partial charge in [-0.1, -0.05) is 20.8 Å². The highest BCUT2D eigenvalue weighted by Gasteiger charge is 2.29. The Morgan fingerprint density at radius 3 is 2.13 bits per heavy atom. The van der Waals surface area contributed by atoms with Crippen molar-refractivity contribution in [1.29, 1.82) is 0 Å². The van der Waals surface area contributed by atoms with Crippen molar-refractivity contribution < 1.29 is 23.9 Å². The maximum Gasteiger partial charge on any atom is 0.329 e. The Balaban J connectivity index is 2.40. The fourth-order valence-electron chi connectivity index (χ4n) is 1.46. The van der Waals surface area contributed by atoms with Gasteiger partial charge in [-0.2, -0.15) is 0 Å². The first-order valence-electron chi connectivity index (χ1n) is 7.63. The van der Waals surface area contributed by atoms with Gasteiger partial charge in [-0.05, 0) is 26.7 Å². The Bertz CT molecular complexity index is 494. The zero-order valence-electron chi connectivity index (χ0n) is 14.2. The van der Waals surface area contributed by atoms with E-state index in [1.807, 2.05) is 0 Å². The highest BCUT2D eigenvalue weighted by atomic mass is 16.5. The molecular weight excluding hydrogens is 302 g/mol. The summed E-state index contributed by atoms with van der Waals surface area (Å²) in [5, 5.41) is 7.21. The van der Waals surface area contributed by atoms with Crippen LogP contribution in [0.5, 0.6) is 0 Å². The molecule has 8 nitrogen and oxygen atoms in total. The summed E-state index contributed by atoms with van der Waals surface area (Å²) >= 11 is 0. The van der Waals surface area contributed by atoms with Crippen molar-refractivity contribution in [2.45, 2.75) is 65.6 Å². The molecule has 2 unspecified atom stereocenters. The summed E-state index contributed by atoms with van der Waals surface area (Å²) in [5.74, 6) is -1.76. The molecule has 0 saturated heterocycles. The standard InChI is InChI=1S/C15H25N3O5/c1-8(16-13(21)15(3,4)5)12(20)23-9(2)11(19)18-14(22)17-10-6-7-10/h8-10H,6-7H2,1-5H3,(H,16,21)(H2,17,18,19,22). The first-order valence-corrected chi connectivity index (χ1v) is 7.63. The van der Waals surface area contributed by atoms with Gasteiger partial charge in [-0.15, -0.1) is 0 Å². The lowest BCUT2D eigenvalue weighted by atomic mass is 9.95. The molecule has 2 atom stereocenters. The maximum atomic E-state index is 11.9. The van der Waals surface area contributed by atoms with E-state index in [4.69, 9.17) is 4.74 Å². The third-order valence-electron chi connectivity index (χ3n) is 3.19. The van der Waals surface area contributed by atoms with Crippen molar-refractivity contribution in [3.63, 3.8) is 0 Å². The fraction of sp³-hybridized carbons (Fsp3) is 0.733. The molecule has 0 aromatic rings. The van der Waals surface area contributed by atoms with Gasteiger partial charge in [0.2, 0.25) is 5.91 Å². The Morgan fingerprint density at radius 1 is 1.09 bits per heavy atom. The van der Waals surface area contributed by atoms with E-state index in [0.717, 1.165) is 12.8 Å². The lowest BCUT2D eigenvalue weighted by Gasteiger charge is -2.22. The molecule has 1 aliphatic rings. The van der Waals surface area contributed by atoms with Crippen LogP contribution in [0.2, 0.25) is 0 Å². The van der Waals surface area contributed by atoms with Crippen LogP contribution < -0.4 is 16.0 Å². The van der Waals surface area contributed by atoms with Crippen molar-refractivity contribution in [2.75, 3.05) is 0 Å². The molecule has 4 amide bonds. The molecule has 3 N–H and O–H groups in total. The van der Waals surface area contributed by atoms with Crippen molar-refractivity contribution in [3.8, 4) is 0 Å². The summed E-state index contributed by atoms with van der Waals surface area (Å²) in [6.07, 6.45) is 0.662. The van der Waals surface area contributed by atoms with E-state index >= 15 is 0 Å². The average molecular weight is 327 g/mol. The van der Waals surface area contributed by atoms with Crippen LogP contribution in [0, 0.1) is 5.41 Å². The molecule has 0 aromatic heterocycles. The molecule has 23 heavy (non-hydrogen) atoms. The maximum absolute atomic E-state index is 11.9. The number of amides is 4. The largest absolute Gasteiger partial charge is 0.451 e. The van der Waals surface area contributed by atoms with Gasteiger partial charge in [-0.3, -0.25) is 14.9 Å². The van der Waals surface area contributed by atoms with Crippen molar-refractivity contribution in [2.24, 2.45) is 5.41 Å². The van der Waals surface area contributed by atoms with E-state index < -0.39 is 35.5 Å². The topological polar surface area (TPSA) is 114 Å². The zero-order chi connectivity index (χ0) is 17.8. The van der Waals surface area contributed by atoms with Crippen LogP contribution in [0.1, 0.15) is 47.5 Å². The van der Waals surface area contributed by atoms with Crippen LogP contribution in [-0.4, -0.2) is 42.0 Å². The van der Waals surface area contributed by atoms with Gasteiger partial charge in [0.1, 0.15) is 6.04 Å². The highest BCUT2D eigenvalue weighted by Crippen LogP contribution is 2.18. The Labute approximate surface area is 135 Å². The van der Waals surface area contributed by atoms with Crippen LogP contribution in [0.15, 0.2) is 0 Å². The van der Waals surface area contributed by atoms with Crippen molar-refractivity contribution in [1.82, 2.24) is 16.0 Å². The lowest BCUT2D eigenvalue weighted by molar-refractivity contribution is -0.157. The summed E-state index contributed by atoms with van der Waals surface area (Å²) < 4.78 is 4.96. The number of esters is 1. The minimum absolute atomic E-state index is 0.119. The molecular formula is C15H25N3O5. The van der Waals surface area contributed by atoms with Gasteiger partial charge >= 0.3 is 12.0 Å². The lowest BCUT2D eigenvalue weighted by Crippen LogP contribution is -2.48. The summed E-state index contributed by atoms with van der Waals surface area (Å²) in [7, 11) is 0. The minimum atomic E-state index is -1.14. The van der Waals surface area contributed by atoms with Crippen LogP contribution in [0.3, 0.4) is 0 Å². The number of hydrogen-bond donors (Lipinski definition) is 3. The van der Waals surface area contributed by atoms with Crippen molar-refractivity contribution in [3.05, 3.63) is 0 Å². The smallest absolute Gasteiger partial charge is 0.329 e. The number of carbonyl (C=O) groups excluding carboxylic acids is 4. The molecule has 0 aromatic carbocycles. The molecule has 130 valence electrons. The second-order valence-electron chi connectivity index (χ2n) is 6.76. The number of ether oxygens (including phenoxy) is 1. The molecule has 8 heteroatoms. The molecule has 1 rings (SSSR count). The van der Waals surface area contributed by atoms with Crippen LogP contribution in [0.4, 0.5) is 4.79 Å². The Kier molecular flexibility index (Phi) is 6.12. The molecule has 0 radical (unpaired) electrons. The zero-order valence-corrected chi connectivity index (χ0v) is 14.2. The van der Waals surface area contributed by atoms with Gasteiger partial charge < -0.3 is 15.4 Å². The van der Waals surface area contributed by atoms with Crippen LogP contribution >= 0.6 is 0 Å². The number of urea groups is 1. The summed E-state index contributed by atoms with van der Waals surface area (Å²) in [6.45, 7) is 7.98. The first-order chi connectivity index (χ1) is 10.5. The van der Waals surface area contributed by atoms with E-state index in [0.29, 0.717) is 0 Å². The molecule has 0 aliphatic heterocycles. The highest BCUT2D eigenvalue weighted by molar-refractivity contribution is 5.97. The number of imide groups is 1. The van der Waals surface area contributed by atoms with E-state index in [2.05, 4.69) is 16.0 Å². The molecule has 1 saturated carbocycles. The summed E-state index contributed by atoms with van der Waals surface area (Å²) in [5.41, 5.74) is -0.640. The summed E-state index contributed by atoms with van der Waals surface area (Å²) in [4.78, 5) is 46.9.